The molecule has 20 heavy (non-hydrogen) atoms. The van der Waals surface area contributed by atoms with E-state index in [-0.39, 0.29) is 12.6 Å². The molecule has 0 unspecified atom stereocenters. The molecule has 0 amide bonds. The van der Waals surface area contributed by atoms with E-state index in [2.05, 4.69) is 0 Å². The van der Waals surface area contributed by atoms with Crippen LogP contribution in [0.4, 0.5) is 13.2 Å². The Bertz CT molecular complexity index is 506. The lowest BCUT2D eigenvalue weighted by atomic mass is 10.2. The van der Waals surface area contributed by atoms with Gasteiger partial charge in [-0.25, -0.2) is 4.79 Å². The first-order valence-electron chi connectivity index (χ1n) is 6.13. The quantitative estimate of drug-likeness (QED) is 0.819. The highest BCUT2D eigenvalue weighted by atomic mass is 32.1. The van der Waals surface area contributed by atoms with E-state index in [1.165, 1.54) is 22.3 Å². The molecule has 1 N–H and O–H groups in total. The smallest absolute Gasteiger partial charge is 0.401 e. The summed E-state index contributed by atoms with van der Waals surface area (Å²) in [5.74, 6) is -1.07. The molecule has 1 aliphatic rings. The second kappa shape index (κ2) is 5.97. The summed E-state index contributed by atoms with van der Waals surface area (Å²) in [5, 5.41) is 10.4. The summed E-state index contributed by atoms with van der Waals surface area (Å²) in [4.78, 5) is 12.7. The molecule has 1 heterocycles. The van der Waals surface area contributed by atoms with Gasteiger partial charge in [-0.2, -0.15) is 13.2 Å². The van der Waals surface area contributed by atoms with Gasteiger partial charge in [0.05, 0.1) is 6.54 Å². The topological polar surface area (TPSA) is 40.5 Å². The molecule has 7 heteroatoms. The van der Waals surface area contributed by atoms with E-state index < -0.39 is 18.7 Å². The number of carbonyl (C=O) groups is 1. The minimum Gasteiger partial charge on any atom is -0.478 e. The van der Waals surface area contributed by atoms with E-state index in [4.69, 9.17) is 5.11 Å². The van der Waals surface area contributed by atoms with Crippen LogP contribution in [-0.2, 0) is 11.3 Å². The molecule has 0 atom stereocenters. The van der Waals surface area contributed by atoms with Gasteiger partial charge in [-0.15, -0.1) is 11.3 Å². The molecule has 2 rings (SSSR count). The van der Waals surface area contributed by atoms with Gasteiger partial charge in [0.1, 0.15) is 0 Å². The molecule has 0 aliphatic heterocycles. The molecule has 1 fully saturated rings. The summed E-state index contributed by atoms with van der Waals surface area (Å²) in [7, 11) is 0. The predicted molar refractivity (Wildman–Crippen MR) is 70.5 cm³/mol. The van der Waals surface area contributed by atoms with Crippen LogP contribution in [0.3, 0.4) is 0 Å². The van der Waals surface area contributed by atoms with Crippen LogP contribution in [0.25, 0.3) is 6.08 Å². The van der Waals surface area contributed by atoms with Gasteiger partial charge in [-0.3, -0.25) is 4.90 Å². The SMILES string of the molecule is O=C(O)C=Cc1ccsc1CN(CC(F)(F)F)C1CC1. The van der Waals surface area contributed by atoms with Crippen molar-refractivity contribution in [2.75, 3.05) is 6.54 Å². The Morgan fingerprint density at radius 3 is 2.75 bits per heavy atom. The Labute approximate surface area is 118 Å². The molecule has 0 aromatic carbocycles. The summed E-state index contributed by atoms with van der Waals surface area (Å²) >= 11 is 1.35. The second-order valence-electron chi connectivity index (χ2n) is 4.72. The van der Waals surface area contributed by atoms with Gasteiger partial charge in [0.15, 0.2) is 0 Å². The molecule has 0 spiro atoms. The zero-order valence-corrected chi connectivity index (χ0v) is 11.4. The third-order valence-corrected chi connectivity index (χ3v) is 3.90. The minimum atomic E-state index is -4.21. The van der Waals surface area contributed by atoms with Gasteiger partial charge in [0.25, 0.3) is 0 Å². The van der Waals surface area contributed by atoms with E-state index in [1.54, 1.807) is 11.4 Å². The maximum Gasteiger partial charge on any atom is 0.401 e. The fourth-order valence-corrected chi connectivity index (χ4v) is 2.85. The van der Waals surface area contributed by atoms with Crippen molar-refractivity contribution in [1.82, 2.24) is 4.90 Å². The number of aliphatic carboxylic acids is 1. The number of hydrogen-bond acceptors (Lipinski definition) is 3. The van der Waals surface area contributed by atoms with Gasteiger partial charge in [-0.05, 0) is 35.9 Å². The normalized spacial score (nSPS) is 16.2. The summed E-state index contributed by atoms with van der Waals surface area (Å²) < 4.78 is 37.6. The monoisotopic (exact) mass is 305 g/mol. The first kappa shape index (κ1) is 15.1. The lowest BCUT2D eigenvalue weighted by Gasteiger charge is -2.23. The second-order valence-corrected chi connectivity index (χ2v) is 5.72. The summed E-state index contributed by atoms with van der Waals surface area (Å²) in [6.45, 7) is -0.710. The van der Waals surface area contributed by atoms with Crippen LogP contribution in [0.5, 0.6) is 0 Å². The van der Waals surface area contributed by atoms with Crippen LogP contribution >= 0.6 is 11.3 Å². The Kier molecular flexibility index (Phi) is 4.49. The van der Waals surface area contributed by atoms with E-state index in [9.17, 15) is 18.0 Å². The predicted octanol–water partition coefficient (Wildman–Crippen LogP) is 3.37. The third-order valence-electron chi connectivity index (χ3n) is 2.98. The Balaban J connectivity index is 2.07. The first-order valence-corrected chi connectivity index (χ1v) is 7.01. The highest BCUT2D eigenvalue weighted by Crippen LogP contribution is 2.33. The standard InChI is InChI=1S/C13H14F3NO2S/c14-13(15,16)8-17(10-2-3-10)7-11-9(5-6-20-11)1-4-12(18)19/h1,4-6,10H,2-3,7-8H2,(H,18,19). The number of carboxylic acid groups (broad SMARTS) is 1. The zero-order chi connectivity index (χ0) is 14.8. The van der Waals surface area contributed by atoms with E-state index in [0.717, 1.165) is 23.8 Å². The fourth-order valence-electron chi connectivity index (χ4n) is 1.96. The molecule has 0 bridgehead atoms. The third kappa shape index (κ3) is 4.64. The van der Waals surface area contributed by atoms with Crippen molar-refractivity contribution in [3.05, 3.63) is 28.0 Å². The minimum absolute atomic E-state index is 0.00460. The van der Waals surface area contributed by atoms with Gasteiger partial charge in [0.2, 0.25) is 0 Å². The number of hydrogen-bond donors (Lipinski definition) is 1. The van der Waals surface area contributed by atoms with Crippen molar-refractivity contribution in [3.8, 4) is 0 Å². The Morgan fingerprint density at radius 1 is 1.50 bits per heavy atom. The molecule has 1 aromatic heterocycles. The number of rotatable bonds is 6. The molecule has 1 aliphatic carbocycles. The largest absolute Gasteiger partial charge is 0.478 e. The molecule has 110 valence electrons. The van der Waals surface area contributed by atoms with Crippen molar-refractivity contribution in [1.29, 1.82) is 0 Å². The summed E-state index contributed by atoms with van der Waals surface area (Å²) in [6, 6.07) is 1.72. The average molecular weight is 305 g/mol. The maximum atomic E-state index is 12.5. The Hall–Kier alpha value is -1.34. The molecular weight excluding hydrogens is 291 g/mol. The van der Waals surface area contributed by atoms with Crippen molar-refractivity contribution in [3.63, 3.8) is 0 Å². The van der Waals surface area contributed by atoms with Crippen LogP contribution in [0, 0.1) is 0 Å². The molecular formula is C13H14F3NO2S. The van der Waals surface area contributed by atoms with Gasteiger partial charge < -0.3 is 5.11 Å². The molecule has 0 saturated heterocycles. The number of halogens is 3. The zero-order valence-electron chi connectivity index (χ0n) is 10.6. The fraction of sp³-hybridized carbons (Fsp3) is 0.462. The lowest BCUT2D eigenvalue weighted by Crippen LogP contribution is -2.35. The van der Waals surface area contributed by atoms with Crippen LogP contribution in [-0.4, -0.2) is 34.7 Å². The number of nitrogens with zero attached hydrogens (tertiary/aromatic N) is 1. The van der Waals surface area contributed by atoms with Gasteiger partial charge in [-0.1, -0.05) is 0 Å². The maximum absolute atomic E-state index is 12.5. The molecule has 1 aromatic rings. The summed E-state index contributed by atoms with van der Waals surface area (Å²) in [6.07, 6.45) is -0.204. The van der Waals surface area contributed by atoms with Gasteiger partial charge >= 0.3 is 12.1 Å². The molecule has 1 saturated carbocycles. The van der Waals surface area contributed by atoms with E-state index >= 15 is 0 Å². The number of carboxylic acids is 1. The van der Waals surface area contributed by atoms with Crippen LogP contribution in [0.1, 0.15) is 23.3 Å². The van der Waals surface area contributed by atoms with Gasteiger partial charge in [0, 0.05) is 23.5 Å². The first-order chi connectivity index (χ1) is 9.35. The van der Waals surface area contributed by atoms with Crippen LogP contribution in [0.15, 0.2) is 17.5 Å². The lowest BCUT2D eigenvalue weighted by molar-refractivity contribution is -0.148. The van der Waals surface area contributed by atoms with Crippen LogP contribution in [0.2, 0.25) is 0 Å². The molecule has 3 nitrogen and oxygen atoms in total. The highest BCUT2D eigenvalue weighted by molar-refractivity contribution is 7.10. The van der Waals surface area contributed by atoms with Crippen molar-refractivity contribution in [2.45, 2.75) is 31.6 Å². The molecule has 0 radical (unpaired) electrons. The van der Waals surface area contributed by atoms with Crippen LogP contribution < -0.4 is 0 Å². The van der Waals surface area contributed by atoms with Crippen molar-refractivity contribution in [2.24, 2.45) is 0 Å². The van der Waals surface area contributed by atoms with Crippen molar-refractivity contribution < 1.29 is 23.1 Å². The van der Waals surface area contributed by atoms with E-state index in [0.29, 0.717) is 5.56 Å². The summed E-state index contributed by atoms with van der Waals surface area (Å²) in [5.41, 5.74) is 0.672. The number of alkyl halides is 3. The van der Waals surface area contributed by atoms with E-state index in [1.807, 2.05) is 0 Å². The number of thiophene rings is 1. The Morgan fingerprint density at radius 2 is 2.20 bits per heavy atom. The highest BCUT2D eigenvalue weighted by Gasteiger charge is 2.38. The van der Waals surface area contributed by atoms with Crippen molar-refractivity contribution >= 4 is 23.4 Å². The average Bonchev–Trinajstić information content (AvgIpc) is 3.06.